The highest BCUT2D eigenvalue weighted by molar-refractivity contribution is 5.35. The third-order valence-electron chi connectivity index (χ3n) is 4.81. The molecule has 1 saturated heterocycles. The SMILES string of the molecule is Cc1cccc(CN2CCCC(Nc3ccnc(C4CC4)n3)C2)n1. The van der Waals surface area contributed by atoms with Gasteiger partial charge in [0.25, 0.3) is 0 Å². The van der Waals surface area contributed by atoms with Crippen LogP contribution in [0.3, 0.4) is 0 Å². The molecule has 2 aromatic rings. The Morgan fingerprint density at radius 1 is 1.17 bits per heavy atom. The van der Waals surface area contributed by atoms with E-state index < -0.39 is 0 Å². The second kappa shape index (κ2) is 6.85. The lowest BCUT2D eigenvalue weighted by Crippen LogP contribution is -2.41. The van der Waals surface area contributed by atoms with Crippen molar-refractivity contribution in [1.82, 2.24) is 19.9 Å². The van der Waals surface area contributed by atoms with Crippen LogP contribution in [0, 0.1) is 6.92 Å². The van der Waals surface area contributed by atoms with E-state index >= 15 is 0 Å². The first-order chi connectivity index (χ1) is 11.8. The summed E-state index contributed by atoms with van der Waals surface area (Å²) < 4.78 is 0. The minimum absolute atomic E-state index is 0.450. The van der Waals surface area contributed by atoms with Crippen molar-refractivity contribution < 1.29 is 0 Å². The lowest BCUT2D eigenvalue weighted by atomic mass is 10.1. The molecular formula is C19H25N5. The lowest BCUT2D eigenvalue weighted by Gasteiger charge is -2.33. The molecule has 1 aliphatic heterocycles. The molecule has 2 fully saturated rings. The van der Waals surface area contributed by atoms with Crippen molar-refractivity contribution in [2.45, 2.75) is 51.1 Å². The van der Waals surface area contributed by atoms with Crippen molar-refractivity contribution in [2.24, 2.45) is 0 Å². The molecule has 5 nitrogen and oxygen atoms in total. The molecule has 5 heteroatoms. The van der Waals surface area contributed by atoms with Crippen LogP contribution in [-0.2, 0) is 6.54 Å². The maximum absolute atomic E-state index is 4.70. The fourth-order valence-corrected chi connectivity index (χ4v) is 3.44. The van der Waals surface area contributed by atoms with Crippen LogP contribution in [-0.4, -0.2) is 39.0 Å². The van der Waals surface area contributed by atoms with Gasteiger partial charge in [0.2, 0.25) is 0 Å². The number of piperidine rings is 1. The van der Waals surface area contributed by atoms with Gasteiger partial charge >= 0.3 is 0 Å². The molecule has 1 aliphatic carbocycles. The summed E-state index contributed by atoms with van der Waals surface area (Å²) in [5.41, 5.74) is 2.25. The minimum Gasteiger partial charge on any atom is -0.366 e. The van der Waals surface area contributed by atoms with Crippen molar-refractivity contribution in [2.75, 3.05) is 18.4 Å². The zero-order valence-electron chi connectivity index (χ0n) is 14.3. The smallest absolute Gasteiger partial charge is 0.133 e. The molecule has 2 aliphatic rings. The van der Waals surface area contributed by atoms with Crippen molar-refractivity contribution >= 4 is 5.82 Å². The third kappa shape index (κ3) is 3.90. The molecule has 1 unspecified atom stereocenters. The first-order valence-electron chi connectivity index (χ1n) is 9.00. The Labute approximate surface area is 143 Å². The molecule has 0 radical (unpaired) electrons. The Balaban J connectivity index is 1.37. The number of nitrogens with one attached hydrogen (secondary N) is 1. The van der Waals surface area contributed by atoms with Crippen molar-refractivity contribution in [3.8, 4) is 0 Å². The second-order valence-corrected chi connectivity index (χ2v) is 7.06. The van der Waals surface area contributed by atoms with Crippen LogP contribution in [0.25, 0.3) is 0 Å². The summed E-state index contributed by atoms with van der Waals surface area (Å²) in [6.07, 6.45) is 6.78. The highest BCUT2D eigenvalue weighted by atomic mass is 15.2. The van der Waals surface area contributed by atoms with E-state index in [4.69, 9.17) is 4.98 Å². The van der Waals surface area contributed by atoms with Gasteiger partial charge < -0.3 is 5.32 Å². The van der Waals surface area contributed by atoms with Gasteiger partial charge in [-0.1, -0.05) is 6.07 Å². The van der Waals surface area contributed by atoms with Crippen LogP contribution >= 0.6 is 0 Å². The standard InChI is InChI=1S/C19H25N5/c1-14-4-2-5-16(21-14)12-24-11-3-6-17(13-24)22-18-9-10-20-19(23-18)15-7-8-15/h2,4-5,9-10,15,17H,3,6-8,11-13H2,1H3,(H,20,22,23). The highest BCUT2D eigenvalue weighted by Gasteiger charge is 2.27. The second-order valence-electron chi connectivity index (χ2n) is 7.06. The number of anilines is 1. The molecule has 4 rings (SSSR count). The van der Waals surface area contributed by atoms with Gasteiger partial charge in [0, 0.05) is 36.9 Å². The average molecular weight is 323 g/mol. The first-order valence-corrected chi connectivity index (χ1v) is 9.00. The summed E-state index contributed by atoms with van der Waals surface area (Å²) in [7, 11) is 0. The fraction of sp³-hybridized carbons (Fsp3) is 0.526. The van der Waals surface area contributed by atoms with Gasteiger partial charge in [0.15, 0.2) is 0 Å². The van der Waals surface area contributed by atoms with E-state index in [2.05, 4.69) is 45.3 Å². The van der Waals surface area contributed by atoms with Crippen LogP contribution < -0.4 is 5.32 Å². The Morgan fingerprint density at radius 3 is 2.92 bits per heavy atom. The number of hydrogen-bond acceptors (Lipinski definition) is 5. The monoisotopic (exact) mass is 323 g/mol. The largest absolute Gasteiger partial charge is 0.366 e. The molecule has 126 valence electrons. The number of likely N-dealkylation sites (tertiary alicyclic amines) is 1. The van der Waals surface area contributed by atoms with Crippen LogP contribution in [0.15, 0.2) is 30.5 Å². The Bertz CT molecular complexity index is 698. The Morgan fingerprint density at radius 2 is 2.08 bits per heavy atom. The van der Waals surface area contributed by atoms with Gasteiger partial charge in [-0.15, -0.1) is 0 Å². The van der Waals surface area contributed by atoms with Crippen LogP contribution in [0.4, 0.5) is 5.82 Å². The number of hydrogen-bond donors (Lipinski definition) is 1. The molecular weight excluding hydrogens is 298 g/mol. The summed E-state index contributed by atoms with van der Waals surface area (Å²) in [4.78, 5) is 16.2. The summed E-state index contributed by atoms with van der Waals surface area (Å²) >= 11 is 0. The predicted octanol–water partition coefficient (Wildman–Crippen LogP) is 3.13. The maximum atomic E-state index is 4.70. The van der Waals surface area contributed by atoms with Crippen molar-refractivity contribution in [1.29, 1.82) is 0 Å². The van der Waals surface area contributed by atoms with Gasteiger partial charge in [-0.05, 0) is 57.4 Å². The number of aromatic nitrogens is 3. The zero-order valence-corrected chi connectivity index (χ0v) is 14.3. The highest BCUT2D eigenvalue weighted by Crippen LogP contribution is 2.38. The molecule has 3 heterocycles. The van der Waals surface area contributed by atoms with Gasteiger partial charge in [0.05, 0.1) is 5.69 Å². The molecule has 0 bridgehead atoms. The van der Waals surface area contributed by atoms with E-state index in [1.807, 2.05) is 12.3 Å². The van der Waals surface area contributed by atoms with E-state index in [1.54, 1.807) is 0 Å². The van der Waals surface area contributed by atoms with E-state index in [1.165, 1.54) is 25.7 Å². The van der Waals surface area contributed by atoms with E-state index in [9.17, 15) is 0 Å². The number of aryl methyl sites for hydroxylation is 1. The fourth-order valence-electron chi connectivity index (χ4n) is 3.44. The Kier molecular flexibility index (Phi) is 4.43. The first kappa shape index (κ1) is 15.5. The molecule has 0 aromatic carbocycles. The van der Waals surface area contributed by atoms with Gasteiger partial charge in [-0.25, -0.2) is 9.97 Å². The van der Waals surface area contributed by atoms with E-state index in [0.717, 1.165) is 42.7 Å². The molecule has 2 aromatic heterocycles. The van der Waals surface area contributed by atoms with Crippen molar-refractivity contribution in [3.63, 3.8) is 0 Å². The van der Waals surface area contributed by atoms with E-state index in [0.29, 0.717) is 12.0 Å². The zero-order chi connectivity index (χ0) is 16.4. The average Bonchev–Trinajstić information content (AvgIpc) is 3.40. The molecule has 0 spiro atoms. The number of rotatable bonds is 5. The minimum atomic E-state index is 0.450. The maximum Gasteiger partial charge on any atom is 0.133 e. The quantitative estimate of drug-likeness (QED) is 0.916. The van der Waals surface area contributed by atoms with Gasteiger partial charge in [-0.3, -0.25) is 9.88 Å². The topological polar surface area (TPSA) is 53.9 Å². The molecule has 1 saturated carbocycles. The molecule has 24 heavy (non-hydrogen) atoms. The molecule has 1 N–H and O–H groups in total. The lowest BCUT2D eigenvalue weighted by molar-refractivity contribution is 0.206. The molecule has 1 atom stereocenters. The Hall–Kier alpha value is -2.01. The summed E-state index contributed by atoms with van der Waals surface area (Å²) in [6, 6.07) is 8.71. The van der Waals surface area contributed by atoms with Crippen molar-refractivity contribution in [3.05, 3.63) is 47.7 Å². The van der Waals surface area contributed by atoms with Gasteiger partial charge in [-0.2, -0.15) is 0 Å². The summed E-state index contributed by atoms with van der Waals surface area (Å²) in [5, 5.41) is 3.62. The van der Waals surface area contributed by atoms with Gasteiger partial charge in [0.1, 0.15) is 11.6 Å². The molecule has 0 amide bonds. The number of pyridine rings is 1. The van der Waals surface area contributed by atoms with Crippen LogP contribution in [0.5, 0.6) is 0 Å². The predicted molar refractivity (Wildman–Crippen MR) is 94.9 cm³/mol. The number of nitrogens with zero attached hydrogens (tertiary/aromatic N) is 4. The summed E-state index contributed by atoms with van der Waals surface area (Å²) in [5.74, 6) is 2.59. The summed E-state index contributed by atoms with van der Waals surface area (Å²) in [6.45, 7) is 5.16. The third-order valence-corrected chi connectivity index (χ3v) is 4.81. The van der Waals surface area contributed by atoms with Crippen LogP contribution in [0.1, 0.15) is 48.8 Å². The van der Waals surface area contributed by atoms with E-state index in [-0.39, 0.29) is 0 Å². The van der Waals surface area contributed by atoms with Crippen LogP contribution in [0.2, 0.25) is 0 Å². The normalized spacial score (nSPS) is 21.6.